The summed E-state index contributed by atoms with van der Waals surface area (Å²) in [5.74, 6) is -2.42. The summed E-state index contributed by atoms with van der Waals surface area (Å²) in [5.41, 5.74) is 1.70. The average molecular weight is 421 g/mol. The van der Waals surface area contributed by atoms with E-state index in [1.807, 2.05) is 6.07 Å². The van der Waals surface area contributed by atoms with E-state index in [-0.39, 0.29) is 29.9 Å². The topological polar surface area (TPSA) is 75.3 Å². The Morgan fingerprint density at radius 2 is 1.94 bits per heavy atom. The fraction of sp³-hybridized carbons (Fsp3) is 0.174. The lowest BCUT2D eigenvalue weighted by Crippen LogP contribution is -2.37. The molecular formula is C23H17F2N3O3. The molecule has 0 saturated carbocycles. The maximum Gasteiger partial charge on any atom is 0.256 e. The zero-order valence-corrected chi connectivity index (χ0v) is 16.5. The predicted octanol–water partition coefficient (Wildman–Crippen LogP) is 3.70. The highest BCUT2D eigenvalue weighted by atomic mass is 19.2. The fourth-order valence-corrected chi connectivity index (χ4v) is 4.10. The molecule has 0 fully saturated rings. The lowest BCUT2D eigenvalue weighted by molar-refractivity contribution is 0.0336. The van der Waals surface area contributed by atoms with Gasteiger partial charge in [0.05, 0.1) is 30.2 Å². The number of halogens is 2. The summed E-state index contributed by atoms with van der Waals surface area (Å²) in [6, 6.07) is 10.2. The van der Waals surface area contributed by atoms with Gasteiger partial charge in [0.25, 0.3) is 11.5 Å². The van der Waals surface area contributed by atoms with Crippen molar-refractivity contribution in [3.05, 3.63) is 87.5 Å². The monoisotopic (exact) mass is 421 g/mol. The van der Waals surface area contributed by atoms with Crippen molar-refractivity contribution in [2.24, 2.45) is 0 Å². The number of nitrogens with zero attached hydrogens (tertiary/aromatic N) is 2. The zero-order valence-electron chi connectivity index (χ0n) is 16.5. The molecule has 2 aromatic carbocycles. The van der Waals surface area contributed by atoms with Crippen LogP contribution in [0.1, 0.15) is 27.7 Å². The van der Waals surface area contributed by atoms with Gasteiger partial charge >= 0.3 is 0 Å². The van der Waals surface area contributed by atoms with Gasteiger partial charge in [-0.3, -0.25) is 14.6 Å². The van der Waals surface area contributed by atoms with E-state index < -0.39 is 23.2 Å². The van der Waals surface area contributed by atoms with Crippen LogP contribution in [0.3, 0.4) is 0 Å². The van der Waals surface area contributed by atoms with Gasteiger partial charge in [-0.2, -0.15) is 0 Å². The first kappa shape index (κ1) is 19.3. The normalized spacial score (nSPS) is 15.8. The number of rotatable bonds is 2. The maximum absolute atomic E-state index is 14.0. The number of amides is 1. The largest absolute Gasteiger partial charge is 0.373 e. The quantitative estimate of drug-likeness (QED) is 0.536. The zero-order chi connectivity index (χ0) is 21.7. The predicted molar refractivity (Wildman–Crippen MR) is 111 cm³/mol. The number of ether oxygens (including phenoxy) is 1. The van der Waals surface area contributed by atoms with Crippen LogP contribution in [0.4, 0.5) is 8.78 Å². The molecule has 0 aliphatic carbocycles. The van der Waals surface area contributed by atoms with Gasteiger partial charge in [-0.25, -0.2) is 8.78 Å². The summed E-state index contributed by atoms with van der Waals surface area (Å²) in [7, 11) is 1.62. The minimum atomic E-state index is -1.10. The summed E-state index contributed by atoms with van der Waals surface area (Å²) in [4.78, 5) is 34.1. The Kier molecular flexibility index (Phi) is 4.51. The number of aromatic nitrogens is 2. The molecule has 31 heavy (non-hydrogen) atoms. The molecule has 1 aliphatic heterocycles. The molecule has 5 rings (SSSR count). The highest BCUT2D eigenvalue weighted by Crippen LogP contribution is 2.34. The van der Waals surface area contributed by atoms with E-state index in [0.717, 1.165) is 23.0 Å². The molecule has 1 N–H and O–H groups in total. The van der Waals surface area contributed by atoms with Crippen LogP contribution < -0.4 is 5.56 Å². The summed E-state index contributed by atoms with van der Waals surface area (Å²) in [6.45, 7) is 0.268. The van der Waals surface area contributed by atoms with Crippen molar-refractivity contribution in [1.82, 2.24) is 14.9 Å². The third kappa shape index (κ3) is 3.16. The van der Waals surface area contributed by atoms with Crippen molar-refractivity contribution in [2.45, 2.75) is 12.6 Å². The number of carbonyl (C=O) groups excluding carboxylic acids is 1. The number of pyridine rings is 2. The standard InChI is InChI=1S/C23H17F2N3O3/c1-28(23(30)13-4-5-18-12(7-13)3-2-6-26-18)20-11-31-10-19-21(20)14-8-16(24)17(25)9-15(14)22(29)27-19/h2-9,20H,10-11H2,1H3,(H,27,29). The van der Waals surface area contributed by atoms with Crippen LogP contribution in [-0.4, -0.2) is 34.4 Å². The summed E-state index contributed by atoms with van der Waals surface area (Å²) in [5, 5.41) is 1.13. The molecule has 3 heterocycles. The Labute approximate surface area is 175 Å². The second-order valence-electron chi connectivity index (χ2n) is 7.52. The van der Waals surface area contributed by atoms with Crippen LogP contribution in [0.5, 0.6) is 0 Å². The molecule has 1 aliphatic rings. The van der Waals surface area contributed by atoms with Crippen molar-refractivity contribution in [1.29, 1.82) is 0 Å². The fourth-order valence-electron chi connectivity index (χ4n) is 4.10. The van der Waals surface area contributed by atoms with Crippen LogP contribution >= 0.6 is 0 Å². The SMILES string of the molecule is CN(C(=O)c1ccc2ncccc2c1)C1COCc2[nH]c(=O)c3cc(F)c(F)cc3c21. The second kappa shape index (κ2) is 7.24. The molecule has 8 heteroatoms. The van der Waals surface area contributed by atoms with Crippen molar-refractivity contribution in [3.63, 3.8) is 0 Å². The maximum atomic E-state index is 14.0. The third-order valence-electron chi connectivity index (χ3n) is 5.68. The molecule has 2 aromatic heterocycles. The van der Waals surface area contributed by atoms with Crippen molar-refractivity contribution in [3.8, 4) is 0 Å². The van der Waals surface area contributed by atoms with Crippen LogP contribution in [0.15, 0.2) is 53.5 Å². The van der Waals surface area contributed by atoms with Gasteiger partial charge in [0, 0.05) is 35.5 Å². The number of nitrogens with one attached hydrogen (secondary N) is 1. The molecule has 0 bridgehead atoms. The third-order valence-corrected chi connectivity index (χ3v) is 5.68. The molecule has 156 valence electrons. The van der Waals surface area contributed by atoms with E-state index in [1.54, 1.807) is 37.5 Å². The highest BCUT2D eigenvalue weighted by molar-refractivity contribution is 5.98. The number of carbonyl (C=O) groups is 1. The number of hydrogen-bond donors (Lipinski definition) is 1. The van der Waals surface area contributed by atoms with E-state index in [0.29, 0.717) is 16.8 Å². The summed E-state index contributed by atoms with van der Waals surface area (Å²) < 4.78 is 33.4. The van der Waals surface area contributed by atoms with Crippen LogP contribution in [-0.2, 0) is 11.3 Å². The first-order chi connectivity index (χ1) is 14.9. The van der Waals surface area contributed by atoms with Gasteiger partial charge in [0.1, 0.15) is 0 Å². The molecular weight excluding hydrogens is 404 g/mol. The van der Waals surface area contributed by atoms with E-state index in [1.165, 1.54) is 4.90 Å². The Balaban J connectivity index is 1.61. The number of fused-ring (bicyclic) bond motifs is 4. The van der Waals surface area contributed by atoms with E-state index in [2.05, 4.69) is 9.97 Å². The van der Waals surface area contributed by atoms with Gasteiger partial charge in [-0.1, -0.05) is 6.07 Å². The van der Waals surface area contributed by atoms with Gasteiger partial charge in [-0.15, -0.1) is 0 Å². The van der Waals surface area contributed by atoms with Crippen LogP contribution in [0.2, 0.25) is 0 Å². The summed E-state index contributed by atoms with van der Waals surface area (Å²) in [6.07, 6.45) is 1.68. The smallest absolute Gasteiger partial charge is 0.256 e. The number of H-pyrrole nitrogens is 1. The number of aromatic amines is 1. The lowest BCUT2D eigenvalue weighted by Gasteiger charge is -2.34. The van der Waals surface area contributed by atoms with Crippen LogP contribution in [0, 0.1) is 11.6 Å². The molecule has 1 atom stereocenters. The minimum Gasteiger partial charge on any atom is -0.373 e. The molecule has 0 saturated heterocycles. The van der Waals surface area contributed by atoms with E-state index in [9.17, 15) is 18.4 Å². The molecule has 6 nitrogen and oxygen atoms in total. The number of likely N-dealkylation sites (N-methyl/N-ethyl adjacent to an activating group) is 1. The summed E-state index contributed by atoms with van der Waals surface area (Å²) >= 11 is 0. The minimum absolute atomic E-state index is 0.0298. The Hall–Kier alpha value is -3.65. The van der Waals surface area contributed by atoms with E-state index >= 15 is 0 Å². The first-order valence-corrected chi connectivity index (χ1v) is 9.67. The molecule has 0 radical (unpaired) electrons. The average Bonchev–Trinajstić information content (AvgIpc) is 2.78. The molecule has 1 unspecified atom stereocenters. The van der Waals surface area contributed by atoms with E-state index in [4.69, 9.17) is 4.74 Å². The molecule has 0 spiro atoms. The first-order valence-electron chi connectivity index (χ1n) is 9.67. The number of hydrogen-bond acceptors (Lipinski definition) is 4. The Bertz CT molecular complexity index is 1420. The van der Waals surface area contributed by atoms with Gasteiger partial charge in [0.15, 0.2) is 11.6 Å². The van der Waals surface area contributed by atoms with Crippen LogP contribution in [0.25, 0.3) is 21.7 Å². The highest BCUT2D eigenvalue weighted by Gasteiger charge is 2.31. The van der Waals surface area contributed by atoms with Crippen molar-refractivity contribution >= 4 is 27.6 Å². The van der Waals surface area contributed by atoms with Gasteiger partial charge < -0.3 is 14.6 Å². The Morgan fingerprint density at radius 3 is 2.74 bits per heavy atom. The molecule has 1 amide bonds. The Morgan fingerprint density at radius 1 is 1.16 bits per heavy atom. The van der Waals surface area contributed by atoms with Crippen molar-refractivity contribution < 1.29 is 18.3 Å². The second-order valence-corrected chi connectivity index (χ2v) is 7.52. The lowest BCUT2D eigenvalue weighted by atomic mass is 9.95. The molecule has 4 aromatic rings. The van der Waals surface area contributed by atoms with Gasteiger partial charge in [0.2, 0.25) is 0 Å². The van der Waals surface area contributed by atoms with Gasteiger partial charge in [-0.05, 0) is 41.8 Å². The van der Waals surface area contributed by atoms with Crippen molar-refractivity contribution in [2.75, 3.05) is 13.7 Å². The number of benzene rings is 2.